The van der Waals surface area contributed by atoms with Crippen LogP contribution < -0.4 is 5.73 Å². The van der Waals surface area contributed by atoms with Gasteiger partial charge in [0.05, 0.1) is 0 Å². The summed E-state index contributed by atoms with van der Waals surface area (Å²) >= 11 is 0. The van der Waals surface area contributed by atoms with Crippen LogP contribution in [-0.4, -0.2) is 36.2 Å². The molecule has 0 radical (unpaired) electrons. The third-order valence-electron chi connectivity index (χ3n) is 4.37. The summed E-state index contributed by atoms with van der Waals surface area (Å²) in [6.45, 7) is -1.95. The lowest BCUT2D eigenvalue weighted by molar-refractivity contribution is -0.334. The average Bonchev–Trinajstić information content (AvgIpc) is 2.92. The number of nitrogens with two attached hydrogens (primary N) is 1. The number of anilines is 1. The number of alkyl halides is 6. The van der Waals surface area contributed by atoms with Crippen molar-refractivity contribution in [3.05, 3.63) is 29.8 Å². The Balaban J connectivity index is 0.00000312. The van der Waals surface area contributed by atoms with Crippen molar-refractivity contribution in [2.45, 2.75) is 31.6 Å². The van der Waals surface area contributed by atoms with Gasteiger partial charge >= 0.3 is 12.4 Å². The molecule has 0 unspecified atom stereocenters. The Kier molecular flexibility index (Phi) is 6.26. The quantitative estimate of drug-likeness (QED) is 0.627. The summed E-state index contributed by atoms with van der Waals surface area (Å²) in [5, 5.41) is 0. The Morgan fingerprint density at radius 1 is 1.12 bits per heavy atom. The standard InChI is InChI=1S/C15H16F6N2O.ClH/c16-14(17,18)13(15(19,20)21)7-8-23(9-13)12(24)6-5-10-3-1-2-4-11(10)22;/h1-4H,5-9,22H2;1H. The number of carbonyl (C=O) groups is 1. The van der Waals surface area contributed by atoms with Crippen molar-refractivity contribution in [2.75, 3.05) is 18.8 Å². The van der Waals surface area contributed by atoms with E-state index in [1.807, 2.05) is 0 Å². The van der Waals surface area contributed by atoms with E-state index in [1.165, 1.54) is 0 Å². The van der Waals surface area contributed by atoms with Crippen molar-refractivity contribution in [1.82, 2.24) is 4.90 Å². The third kappa shape index (κ3) is 4.13. The van der Waals surface area contributed by atoms with Gasteiger partial charge in [0.1, 0.15) is 0 Å². The molecule has 2 rings (SSSR count). The predicted octanol–water partition coefficient (Wildman–Crippen LogP) is 3.97. The van der Waals surface area contributed by atoms with E-state index in [9.17, 15) is 31.1 Å². The van der Waals surface area contributed by atoms with Gasteiger partial charge in [0.25, 0.3) is 0 Å². The first-order chi connectivity index (χ1) is 11.0. The summed E-state index contributed by atoms with van der Waals surface area (Å²) < 4.78 is 77.9. The highest BCUT2D eigenvalue weighted by Crippen LogP contribution is 2.55. The Bertz CT molecular complexity index is 603. The average molecular weight is 391 g/mol. The van der Waals surface area contributed by atoms with Crippen molar-refractivity contribution in [2.24, 2.45) is 5.41 Å². The Morgan fingerprint density at radius 2 is 1.68 bits per heavy atom. The molecule has 1 aliphatic rings. The molecule has 0 aliphatic carbocycles. The number of hydrogen-bond acceptors (Lipinski definition) is 2. The van der Waals surface area contributed by atoms with E-state index >= 15 is 0 Å². The van der Waals surface area contributed by atoms with Gasteiger partial charge in [-0.2, -0.15) is 26.3 Å². The van der Waals surface area contributed by atoms with Gasteiger partial charge < -0.3 is 10.6 Å². The lowest BCUT2D eigenvalue weighted by Crippen LogP contribution is -2.52. The fraction of sp³-hybridized carbons (Fsp3) is 0.533. The largest absolute Gasteiger partial charge is 0.404 e. The van der Waals surface area contributed by atoms with Gasteiger partial charge in [-0.25, -0.2) is 0 Å². The van der Waals surface area contributed by atoms with E-state index in [1.54, 1.807) is 24.3 Å². The van der Waals surface area contributed by atoms with Gasteiger partial charge in [0, 0.05) is 25.2 Å². The predicted molar refractivity (Wildman–Crippen MR) is 82.2 cm³/mol. The summed E-state index contributed by atoms with van der Waals surface area (Å²) in [5.74, 6) is -0.742. The van der Waals surface area contributed by atoms with Crippen LogP contribution in [0.1, 0.15) is 18.4 Å². The molecule has 0 spiro atoms. The molecule has 1 aromatic carbocycles. The monoisotopic (exact) mass is 390 g/mol. The van der Waals surface area contributed by atoms with E-state index in [0.29, 0.717) is 16.2 Å². The second-order valence-electron chi connectivity index (χ2n) is 5.84. The molecular weight excluding hydrogens is 374 g/mol. The van der Waals surface area contributed by atoms with E-state index in [2.05, 4.69) is 0 Å². The molecule has 0 saturated carbocycles. The van der Waals surface area contributed by atoms with E-state index in [0.717, 1.165) is 0 Å². The molecule has 1 amide bonds. The number of aryl methyl sites for hydroxylation is 1. The summed E-state index contributed by atoms with van der Waals surface area (Å²) in [7, 11) is 0. The fourth-order valence-electron chi connectivity index (χ4n) is 2.81. The maximum Gasteiger partial charge on any atom is 0.404 e. The van der Waals surface area contributed by atoms with Crippen molar-refractivity contribution >= 4 is 24.0 Å². The van der Waals surface area contributed by atoms with Gasteiger partial charge in [-0.15, -0.1) is 12.4 Å². The highest BCUT2D eigenvalue weighted by molar-refractivity contribution is 5.85. The minimum Gasteiger partial charge on any atom is -0.399 e. The summed E-state index contributed by atoms with van der Waals surface area (Å²) in [4.78, 5) is 12.7. The molecule has 0 atom stereocenters. The first-order valence-corrected chi connectivity index (χ1v) is 7.22. The number of rotatable bonds is 3. The maximum atomic E-state index is 13.0. The van der Waals surface area contributed by atoms with Crippen LogP contribution in [0.5, 0.6) is 0 Å². The van der Waals surface area contributed by atoms with Crippen LogP contribution in [0.3, 0.4) is 0 Å². The van der Waals surface area contributed by atoms with Gasteiger partial charge in [0.15, 0.2) is 5.41 Å². The van der Waals surface area contributed by atoms with E-state index in [4.69, 9.17) is 5.73 Å². The molecule has 0 aromatic heterocycles. The first kappa shape index (κ1) is 21.4. The number of hydrogen-bond donors (Lipinski definition) is 1. The second kappa shape index (κ2) is 7.31. The Morgan fingerprint density at radius 3 is 2.16 bits per heavy atom. The molecule has 10 heteroatoms. The highest BCUT2D eigenvalue weighted by Gasteiger charge is 2.72. The van der Waals surface area contributed by atoms with Crippen molar-refractivity contribution < 1.29 is 31.1 Å². The Hall–Kier alpha value is -1.64. The molecule has 1 saturated heterocycles. The molecule has 25 heavy (non-hydrogen) atoms. The number of para-hydroxylation sites is 1. The van der Waals surface area contributed by atoms with Crippen molar-refractivity contribution in [1.29, 1.82) is 0 Å². The molecule has 1 fully saturated rings. The number of carbonyl (C=O) groups excluding carboxylic acids is 1. The van der Waals surface area contributed by atoms with Crippen molar-refractivity contribution in [3.8, 4) is 0 Å². The number of halogens is 7. The molecule has 0 bridgehead atoms. The molecule has 3 nitrogen and oxygen atoms in total. The second-order valence-corrected chi connectivity index (χ2v) is 5.84. The van der Waals surface area contributed by atoms with E-state index in [-0.39, 0.29) is 25.2 Å². The normalized spacial score (nSPS) is 17.3. The van der Waals surface area contributed by atoms with Crippen LogP contribution in [0.4, 0.5) is 32.0 Å². The van der Waals surface area contributed by atoms with Crippen LogP contribution in [0.15, 0.2) is 24.3 Å². The highest BCUT2D eigenvalue weighted by atomic mass is 35.5. The topological polar surface area (TPSA) is 46.3 Å². The third-order valence-corrected chi connectivity index (χ3v) is 4.37. The number of nitrogens with zero attached hydrogens (tertiary/aromatic N) is 1. The minimum absolute atomic E-state index is 0. The lowest BCUT2D eigenvalue weighted by atomic mass is 9.85. The molecular formula is C15H17ClF6N2O. The van der Waals surface area contributed by atoms with Crippen molar-refractivity contribution in [3.63, 3.8) is 0 Å². The number of nitrogen functional groups attached to an aromatic ring is 1. The van der Waals surface area contributed by atoms with Gasteiger partial charge in [-0.1, -0.05) is 18.2 Å². The maximum absolute atomic E-state index is 13.0. The van der Waals surface area contributed by atoms with E-state index < -0.39 is 43.2 Å². The van der Waals surface area contributed by atoms with Crippen LogP contribution in [0.2, 0.25) is 0 Å². The SMILES string of the molecule is Cl.Nc1ccccc1CCC(=O)N1CCC(C(F)(F)F)(C(F)(F)F)C1. The van der Waals surface area contributed by atoms with Crippen LogP contribution in [0, 0.1) is 5.41 Å². The summed E-state index contributed by atoms with van der Waals surface area (Å²) in [5.41, 5.74) is 2.90. The molecule has 1 aromatic rings. The summed E-state index contributed by atoms with van der Waals surface area (Å²) in [6.07, 6.45) is -12.1. The molecule has 142 valence electrons. The smallest absolute Gasteiger partial charge is 0.399 e. The zero-order chi connectivity index (χ0) is 18.2. The summed E-state index contributed by atoms with van der Waals surface area (Å²) in [6, 6.07) is 6.63. The lowest BCUT2D eigenvalue weighted by Gasteiger charge is -2.33. The van der Waals surface area contributed by atoms with Gasteiger partial charge in [0.2, 0.25) is 5.91 Å². The zero-order valence-corrected chi connectivity index (χ0v) is 13.8. The molecule has 1 heterocycles. The van der Waals surface area contributed by atoms with Crippen LogP contribution in [0.25, 0.3) is 0 Å². The number of likely N-dealkylation sites (tertiary alicyclic amines) is 1. The van der Waals surface area contributed by atoms with Gasteiger partial charge in [-0.3, -0.25) is 4.79 Å². The van der Waals surface area contributed by atoms with Crippen LogP contribution >= 0.6 is 12.4 Å². The number of benzene rings is 1. The molecule has 2 N–H and O–H groups in total. The molecule has 1 aliphatic heterocycles. The van der Waals surface area contributed by atoms with Gasteiger partial charge in [-0.05, 0) is 24.5 Å². The number of amides is 1. The Labute approximate surface area is 146 Å². The fourth-order valence-corrected chi connectivity index (χ4v) is 2.81. The zero-order valence-electron chi connectivity index (χ0n) is 13.0. The van der Waals surface area contributed by atoms with Crippen LogP contribution in [-0.2, 0) is 11.2 Å². The minimum atomic E-state index is -5.45. The first-order valence-electron chi connectivity index (χ1n) is 7.22.